The number of anilines is 2. The molecule has 1 unspecified atom stereocenters. The van der Waals surface area contributed by atoms with Gasteiger partial charge in [-0.15, -0.1) is 10.2 Å². The first kappa shape index (κ1) is 43.6. The largest absolute Gasteiger partial charge is 0.371 e. The summed E-state index contributed by atoms with van der Waals surface area (Å²) < 4.78 is 32.3. The molecule has 0 spiro atoms. The fourth-order valence-electron chi connectivity index (χ4n) is 9.19. The van der Waals surface area contributed by atoms with Crippen LogP contribution in [0.25, 0.3) is 28.0 Å². The molecular weight excluding hydrogens is 833 g/mol. The Labute approximate surface area is 375 Å². The van der Waals surface area contributed by atoms with E-state index in [2.05, 4.69) is 53.1 Å². The molecule has 3 aliphatic rings. The second-order valence-corrected chi connectivity index (χ2v) is 18.4. The van der Waals surface area contributed by atoms with Gasteiger partial charge in [-0.1, -0.05) is 12.1 Å². The fraction of sp³-hybridized carbons (Fsp3) is 0.426. The molecule has 9 rings (SSSR count). The third-order valence-electron chi connectivity index (χ3n) is 12.9. The predicted molar refractivity (Wildman–Crippen MR) is 240 cm³/mol. The zero-order valence-electron chi connectivity index (χ0n) is 37.3. The van der Waals surface area contributed by atoms with Crippen molar-refractivity contribution in [3.05, 3.63) is 101 Å². The number of nitrogens with one attached hydrogen (secondary N) is 2. The number of imide groups is 1. The van der Waals surface area contributed by atoms with Crippen LogP contribution in [0.2, 0.25) is 0 Å². The van der Waals surface area contributed by atoms with Crippen LogP contribution < -0.4 is 20.4 Å². The Balaban J connectivity index is 0.791. The van der Waals surface area contributed by atoms with Gasteiger partial charge in [0.15, 0.2) is 0 Å². The van der Waals surface area contributed by atoms with E-state index in [4.69, 9.17) is 9.97 Å². The SMILES string of the molecule is Cc1cc(-c2nc(-c3ccc(N4CCN(CC5CCN(c6cc(F)c(C7CCC(=O)NC7=O)c(F)c6)CC5)CC4)nc3)cn3nccc23)ccc1[C@@H](C)NC(=O)c1nnn(C(C)(C)C)n1. The van der Waals surface area contributed by atoms with Crippen LogP contribution in [-0.2, 0) is 15.1 Å². The molecule has 2 N–H and O–H groups in total. The number of halogens is 2. The Morgan fingerprint density at radius 1 is 0.923 bits per heavy atom. The van der Waals surface area contributed by atoms with E-state index in [1.54, 1.807) is 6.20 Å². The summed E-state index contributed by atoms with van der Waals surface area (Å²) in [5.41, 5.74) is 5.95. The maximum atomic E-state index is 15.2. The van der Waals surface area contributed by atoms with E-state index in [0.717, 1.165) is 90.5 Å². The Kier molecular flexibility index (Phi) is 11.9. The quantitative estimate of drug-likeness (QED) is 0.158. The minimum absolute atomic E-state index is 0.0225. The van der Waals surface area contributed by atoms with Crippen molar-refractivity contribution in [3.63, 3.8) is 0 Å². The van der Waals surface area contributed by atoms with Gasteiger partial charge in [0.05, 0.1) is 46.8 Å². The zero-order chi connectivity index (χ0) is 45.6. The Hall–Kier alpha value is -6.69. The highest BCUT2D eigenvalue weighted by Crippen LogP contribution is 2.35. The molecule has 0 bridgehead atoms. The number of tetrazole rings is 1. The lowest BCUT2D eigenvalue weighted by molar-refractivity contribution is -0.134. The maximum absolute atomic E-state index is 15.2. The Morgan fingerprint density at radius 2 is 1.66 bits per heavy atom. The molecule has 4 aromatic heterocycles. The van der Waals surface area contributed by atoms with Crippen molar-refractivity contribution < 1.29 is 23.2 Å². The summed E-state index contributed by atoms with van der Waals surface area (Å²) in [6.45, 7) is 15.6. The van der Waals surface area contributed by atoms with Gasteiger partial charge in [-0.2, -0.15) is 9.90 Å². The van der Waals surface area contributed by atoms with Gasteiger partial charge in [0.1, 0.15) is 17.5 Å². The van der Waals surface area contributed by atoms with Crippen molar-refractivity contribution in [2.75, 3.05) is 55.6 Å². The number of piperidine rings is 2. The normalized spacial score (nSPS) is 18.3. The number of hydrogen-bond acceptors (Lipinski definition) is 12. The monoisotopic (exact) mass is 885 g/mol. The number of aryl methyl sites for hydroxylation is 1. The van der Waals surface area contributed by atoms with E-state index in [1.165, 1.54) is 16.9 Å². The van der Waals surface area contributed by atoms with E-state index in [0.29, 0.717) is 24.7 Å². The van der Waals surface area contributed by atoms with Gasteiger partial charge < -0.3 is 15.1 Å². The molecule has 3 amide bonds. The molecule has 65 heavy (non-hydrogen) atoms. The first-order valence-electron chi connectivity index (χ1n) is 22.3. The average molecular weight is 886 g/mol. The van der Waals surface area contributed by atoms with Crippen molar-refractivity contribution in [2.24, 2.45) is 5.92 Å². The van der Waals surface area contributed by atoms with Crippen LogP contribution in [0.4, 0.5) is 20.3 Å². The summed E-state index contributed by atoms with van der Waals surface area (Å²) in [7, 11) is 0. The molecule has 3 saturated heterocycles. The number of rotatable bonds is 10. The van der Waals surface area contributed by atoms with Crippen LogP contribution in [0, 0.1) is 24.5 Å². The topological polar surface area (TPSA) is 172 Å². The van der Waals surface area contributed by atoms with Crippen molar-refractivity contribution in [3.8, 4) is 22.5 Å². The molecule has 2 aromatic carbocycles. The molecule has 18 heteroatoms. The summed E-state index contributed by atoms with van der Waals surface area (Å²) >= 11 is 0. The summed E-state index contributed by atoms with van der Waals surface area (Å²) in [6.07, 6.45) is 7.52. The number of carbonyl (C=O) groups excluding carboxylic acids is 3. The van der Waals surface area contributed by atoms with Gasteiger partial charge in [0, 0.05) is 80.8 Å². The zero-order valence-corrected chi connectivity index (χ0v) is 37.3. The summed E-state index contributed by atoms with van der Waals surface area (Å²) in [5.74, 6) is -2.56. The van der Waals surface area contributed by atoms with Crippen LogP contribution in [0.3, 0.4) is 0 Å². The van der Waals surface area contributed by atoms with Gasteiger partial charge in [-0.25, -0.2) is 23.3 Å². The summed E-state index contributed by atoms with van der Waals surface area (Å²) in [4.78, 5) is 55.1. The highest BCUT2D eigenvalue weighted by atomic mass is 19.1. The fourth-order valence-corrected chi connectivity index (χ4v) is 9.19. The van der Waals surface area contributed by atoms with E-state index in [-0.39, 0.29) is 30.3 Å². The van der Waals surface area contributed by atoms with Crippen molar-refractivity contribution >= 4 is 34.7 Å². The van der Waals surface area contributed by atoms with Crippen LogP contribution in [0.1, 0.15) is 92.6 Å². The molecule has 338 valence electrons. The molecule has 0 saturated carbocycles. The number of piperazine rings is 1. The van der Waals surface area contributed by atoms with Gasteiger partial charge >= 0.3 is 0 Å². The number of hydrogen-bond donors (Lipinski definition) is 2. The lowest BCUT2D eigenvalue weighted by Gasteiger charge is -2.39. The second kappa shape index (κ2) is 17.7. The number of pyridine rings is 1. The van der Waals surface area contributed by atoms with Crippen LogP contribution in [-0.4, -0.2) is 108 Å². The van der Waals surface area contributed by atoms with Gasteiger partial charge in [-0.05, 0) is 113 Å². The van der Waals surface area contributed by atoms with Crippen LogP contribution in [0.5, 0.6) is 0 Å². The van der Waals surface area contributed by atoms with Crippen molar-refractivity contribution in [1.29, 1.82) is 0 Å². The lowest BCUT2D eigenvalue weighted by atomic mass is 9.89. The second-order valence-electron chi connectivity index (χ2n) is 18.4. The maximum Gasteiger partial charge on any atom is 0.293 e. The number of amides is 3. The smallest absolute Gasteiger partial charge is 0.293 e. The minimum Gasteiger partial charge on any atom is -0.371 e. The molecular formula is C47H53F2N13O3. The van der Waals surface area contributed by atoms with Gasteiger partial charge in [0.25, 0.3) is 11.7 Å². The predicted octanol–water partition coefficient (Wildman–Crippen LogP) is 5.84. The van der Waals surface area contributed by atoms with Crippen molar-refractivity contribution in [2.45, 2.75) is 77.8 Å². The minimum atomic E-state index is -1.01. The molecule has 3 fully saturated rings. The first-order valence-corrected chi connectivity index (χ1v) is 22.3. The van der Waals surface area contributed by atoms with E-state index < -0.39 is 40.8 Å². The summed E-state index contributed by atoms with van der Waals surface area (Å²) in [6, 6.07) is 14.5. The molecule has 7 heterocycles. The van der Waals surface area contributed by atoms with Crippen LogP contribution >= 0.6 is 0 Å². The number of nitrogens with zero attached hydrogens (tertiary/aromatic N) is 11. The molecule has 3 aliphatic heterocycles. The third kappa shape index (κ3) is 9.16. The molecule has 16 nitrogen and oxygen atoms in total. The molecule has 0 radical (unpaired) electrons. The number of fused-ring (bicyclic) bond motifs is 1. The van der Waals surface area contributed by atoms with Gasteiger partial charge in [-0.3, -0.25) is 24.6 Å². The highest BCUT2D eigenvalue weighted by molar-refractivity contribution is 6.01. The highest BCUT2D eigenvalue weighted by Gasteiger charge is 2.34. The number of carbonyl (C=O) groups is 3. The molecule has 2 atom stereocenters. The molecule has 6 aromatic rings. The van der Waals surface area contributed by atoms with Gasteiger partial charge in [0.2, 0.25) is 11.8 Å². The number of aromatic nitrogens is 8. The summed E-state index contributed by atoms with van der Waals surface area (Å²) in [5, 5.41) is 22.0. The molecule has 0 aliphatic carbocycles. The first-order chi connectivity index (χ1) is 31.2. The van der Waals surface area contributed by atoms with E-state index in [1.807, 2.05) is 80.7 Å². The average Bonchev–Trinajstić information content (AvgIpc) is 3.99. The standard InChI is InChI=1S/C47H53F2N13O3/c1-28-22-31(6-8-34(28)29(2)52-46(65)44-55-57-62(56-44)47(3,4)5)43-39-12-15-51-61(39)27-38(53-43)32-7-10-40(50-25-32)60-20-18-58(19-21-60)26-30-13-16-59(17-14-30)33-23-36(48)42(37(49)24-33)35-9-11-41(63)54-45(35)64/h6-8,10,12,15,22-25,27,29-30,35H,9,11,13-14,16-21,26H2,1-5H3,(H,52,65)(H,54,63,64)/t29-,35?/m1/s1. The van der Waals surface area contributed by atoms with E-state index >= 15 is 8.78 Å². The Morgan fingerprint density at radius 3 is 2.32 bits per heavy atom. The lowest BCUT2D eigenvalue weighted by Crippen LogP contribution is -2.49. The van der Waals surface area contributed by atoms with Crippen LogP contribution in [0.15, 0.2) is 67.1 Å². The van der Waals surface area contributed by atoms with E-state index in [9.17, 15) is 14.4 Å². The third-order valence-corrected chi connectivity index (χ3v) is 12.9. The number of benzene rings is 2. The van der Waals surface area contributed by atoms with Crippen molar-refractivity contribution in [1.82, 2.24) is 55.3 Å². The Bertz CT molecular complexity index is 2730.